The van der Waals surface area contributed by atoms with Crippen LogP contribution in [0.4, 0.5) is 0 Å². The average molecular weight is 347 g/mol. The number of hydrogen-bond acceptors (Lipinski definition) is 3. The SMILES string of the molecule is c1ccc(-n2nc(C3CC3)c3cccc(OCC4CCNCC4)c32)cc1. The van der Waals surface area contributed by atoms with Crippen LogP contribution in [0, 0.1) is 5.92 Å². The van der Waals surface area contributed by atoms with Crippen molar-refractivity contribution in [2.24, 2.45) is 5.92 Å². The minimum Gasteiger partial charge on any atom is -0.491 e. The Labute approximate surface area is 154 Å². The summed E-state index contributed by atoms with van der Waals surface area (Å²) in [6.07, 6.45) is 4.89. The van der Waals surface area contributed by atoms with Gasteiger partial charge in [-0.2, -0.15) is 5.10 Å². The van der Waals surface area contributed by atoms with Crippen LogP contribution in [-0.2, 0) is 0 Å². The maximum atomic E-state index is 6.35. The highest BCUT2D eigenvalue weighted by Gasteiger charge is 2.30. The topological polar surface area (TPSA) is 39.1 Å². The lowest BCUT2D eigenvalue weighted by molar-refractivity contribution is 0.216. The van der Waals surface area contributed by atoms with Gasteiger partial charge in [-0.3, -0.25) is 0 Å². The summed E-state index contributed by atoms with van der Waals surface area (Å²) in [4.78, 5) is 0. The lowest BCUT2D eigenvalue weighted by atomic mass is 9.99. The summed E-state index contributed by atoms with van der Waals surface area (Å²) in [6, 6.07) is 16.8. The minimum atomic E-state index is 0.613. The smallest absolute Gasteiger partial charge is 0.145 e. The summed E-state index contributed by atoms with van der Waals surface area (Å²) in [5.41, 5.74) is 3.45. The van der Waals surface area contributed by atoms with Gasteiger partial charge in [0.25, 0.3) is 0 Å². The third kappa shape index (κ3) is 2.99. The van der Waals surface area contributed by atoms with E-state index in [1.54, 1.807) is 0 Å². The number of nitrogens with zero attached hydrogens (tertiary/aromatic N) is 2. The molecule has 1 saturated heterocycles. The molecule has 2 fully saturated rings. The molecule has 134 valence electrons. The van der Waals surface area contributed by atoms with E-state index in [1.807, 2.05) is 6.07 Å². The Morgan fingerprint density at radius 2 is 1.77 bits per heavy atom. The van der Waals surface area contributed by atoms with Crippen molar-refractivity contribution in [3.05, 3.63) is 54.2 Å². The molecule has 0 radical (unpaired) electrons. The molecule has 0 spiro atoms. The first-order chi connectivity index (χ1) is 12.9. The fourth-order valence-corrected chi connectivity index (χ4v) is 3.95. The molecule has 1 saturated carbocycles. The molecule has 2 heterocycles. The second kappa shape index (κ2) is 6.76. The van der Waals surface area contributed by atoms with Crippen LogP contribution in [0.5, 0.6) is 5.75 Å². The number of rotatable bonds is 5. The highest BCUT2D eigenvalue weighted by atomic mass is 16.5. The first-order valence-electron chi connectivity index (χ1n) is 9.81. The van der Waals surface area contributed by atoms with Crippen LogP contribution in [0.25, 0.3) is 16.6 Å². The molecule has 2 aromatic carbocycles. The van der Waals surface area contributed by atoms with Gasteiger partial charge in [-0.25, -0.2) is 4.68 Å². The molecule has 4 nitrogen and oxygen atoms in total. The summed E-state index contributed by atoms with van der Waals surface area (Å²) >= 11 is 0. The molecule has 1 aliphatic heterocycles. The lowest BCUT2D eigenvalue weighted by Crippen LogP contribution is -2.30. The predicted molar refractivity (Wildman–Crippen MR) is 104 cm³/mol. The Bertz CT molecular complexity index is 892. The van der Waals surface area contributed by atoms with E-state index < -0.39 is 0 Å². The van der Waals surface area contributed by atoms with Gasteiger partial charge < -0.3 is 10.1 Å². The molecule has 0 bridgehead atoms. The molecular weight excluding hydrogens is 322 g/mol. The number of benzene rings is 2. The molecule has 3 aromatic rings. The molecule has 5 rings (SSSR count). The maximum absolute atomic E-state index is 6.35. The molecule has 1 N–H and O–H groups in total. The number of ether oxygens (including phenoxy) is 1. The molecule has 0 unspecified atom stereocenters. The Morgan fingerprint density at radius 1 is 0.962 bits per heavy atom. The summed E-state index contributed by atoms with van der Waals surface area (Å²) in [7, 11) is 0. The van der Waals surface area contributed by atoms with Crippen molar-refractivity contribution in [1.82, 2.24) is 15.1 Å². The number of aromatic nitrogens is 2. The van der Waals surface area contributed by atoms with Crippen LogP contribution in [-0.4, -0.2) is 29.5 Å². The van der Waals surface area contributed by atoms with E-state index in [2.05, 4.69) is 52.5 Å². The van der Waals surface area contributed by atoms with E-state index >= 15 is 0 Å². The van der Waals surface area contributed by atoms with Crippen molar-refractivity contribution in [1.29, 1.82) is 0 Å². The van der Waals surface area contributed by atoms with Crippen LogP contribution >= 0.6 is 0 Å². The van der Waals surface area contributed by atoms with E-state index in [4.69, 9.17) is 9.84 Å². The first-order valence-corrected chi connectivity index (χ1v) is 9.81. The second-order valence-electron chi connectivity index (χ2n) is 7.56. The zero-order valence-corrected chi connectivity index (χ0v) is 15.0. The Balaban J connectivity index is 1.55. The van der Waals surface area contributed by atoms with E-state index in [1.165, 1.54) is 36.8 Å². The summed E-state index contributed by atoms with van der Waals surface area (Å²) in [6.45, 7) is 3.00. The highest BCUT2D eigenvalue weighted by Crippen LogP contribution is 2.44. The second-order valence-corrected chi connectivity index (χ2v) is 7.56. The minimum absolute atomic E-state index is 0.613. The quantitative estimate of drug-likeness (QED) is 0.749. The lowest BCUT2D eigenvalue weighted by Gasteiger charge is -2.23. The van der Waals surface area contributed by atoms with Gasteiger partial charge in [0.05, 0.1) is 18.0 Å². The van der Waals surface area contributed by atoms with Gasteiger partial charge >= 0.3 is 0 Å². The molecule has 26 heavy (non-hydrogen) atoms. The van der Waals surface area contributed by atoms with Gasteiger partial charge in [-0.15, -0.1) is 0 Å². The fourth-order valence-electron chi connectivity index (χ4n) is 3.95. The predicted octanol–water partition coefficient (Wildman–Crippen LogP) is 4.28. The van der Waals surface area contributed by atoms with Crippen molar-refractivity contribution in [2.45, 2.75) is 31.6 Å². The van der Waals surface area contributed by atoms with E-state index in [9.17, 15) is 0 Å². The maximum Gasteiger partial charge on any atom is 0.145 e. The monoisotopic (exact) mass is 347 g/mol. The van der Waals surface area contributed by atoms with Crippen LogP contribution in [0.3, 0.4) is 0 Å². The van der Waals surface area contributed by atoms with Gasteiger partial charge in [0.2, 0.25) is 0 Å². The third-order valence-electron chi connectivity index (χ3n) is 5.59. The molecule has 1 aromatic heterocycles. The van der Waals surface area contributed by atoms with E-state index in [-0.39, 0.29) is 0 Å². The Morgan fingerprint density at radius 3 is 2.54 bits per heavy atom. The Hall–Kier alpha value is -2.33. The van der Waals surface area contributed by atoms with Crippen molar-refractivity contribution < 1.29 is 4.74 Å². The zero-order valence-electron chi connectivity index (χ0n) is 15.0. The average Bonchev–Trinajstić information content (AvgIpc) is 3.48. The van der Waals surface area contributed by atoms with Gasteiger partial charge in [0.1, 0.15) is 11.3 Å². The molecule has 1 aliphatic carbocycles. The molecule has 0 atom stereocenters. The standard InChI is InChI=1S/C22H25N3O/c1-2-5-18(6-3-1)25-22-19(21(24-25)17-9-10-17)7-4-8-20(22)26-15-16-11-13-23-14-12-16/h1-8,16-17,23H,9-15H2. The van der Waals surface area contributed by atoms with Crippen LogP contribution in [0.2, 0.25) is 0 Å². The number of hydrogen-bond donors (Lipinski definition) is 1. The van der Waals surface area contributed by atoms with Crippen molar-refractivity contribution >= 4 is 10.9 Å². The van der Waals surface area contributed by atoms with E-state index in [0.29, 0.717) is 11.8 Å². The van der Waals surface area contributed by atoms with Gasteiger partial charge in [-0.1, -0.05) is 30.3 Å². The first kappa shape index (κ1) is 15.9. The van der Waals surface area contributed by atoms with Crippen LogP contribution in [0.1, 0.15) is 37.3 Å². The fraction of sp³-hybridized carbons (Fsp3) is 0.409. The molecule has 0 amide bonds. The molecule has 4 heteroatoms. The number of para-hydroxylation sites is 2. The van der Waals surface area contributed by atoms with Crippen molar-refractivity contribution in [2.75, 3.05) is 19.7 Å². The van der Waals surface area contributed by atoms with Crippen molar-refractivity contribution in [3.8, 4) is 11.4 Å². The van der Waals surface area contributed by atoms with Gasteiger partial charge in [-0.05, 0) is 62.9 Å². The number of piperidine rings is 1. The number of nitrogens with one attached hydrogen (secondary N) is 1. The number of fused-ring (bicyclic) bond motifs is 1. The third-order valence-corrected chi connectivity index (χ3v) is 5.59. The Kier molecular flexibility index (Phi) is 4.13. The summed E-state index contributed by atoms with van der Waals surface area (Å²) < 4.78 is 8.43. The largest absolute Gasteiger partial charge is 0.491 e. The zero-order chi connectivity index (χ0) is 17.3. The highest BCUT2D eigenvalue weighted by molar-refractivity contribution is 5.89. The van der Waals surface area contributed by atoms with Crippen LogP contribution in [0.15, 0.2) is 48.5 Å². The normalized spacial score (nSPS) is 18.3. The van der Waals surface area contributed by atoms with Gasteiger partial charge in [0, 0.05) is 11.3 Å². The van der Waals surface area contributed by atoms with Gasteiger partial charge in [0.15, 0.2) is 0 Å². The van der Waals surface area contributed by atoms with Crippen LogP contribution < -0.4 is 10.1 Å². The summed E-state index contributed by atoms with van der Waals surface area (Å²) in [5, 5.41) is 9.68. The van der Waals surface area contributed by atoms with Crippen molar-refractivity contribution in [3.63, 3.8) is 0 Å². The van der Waals surface area contributed by atoms with E-state index in [0.717, 1.165) is 36.6 Å². The molecular formula is C22H25N3O. The summed E-state index contributed by atoms with van der Waals surface area (Å²) in [5.74, 6) is 2.22. The molecule has 2 aliphatic rings.